The van der Waals surface area contributed by atoms with Gasteiger partial charge in [-0.2, -0.15) is 5.10 Å². The van der Waals surface area contributed by atoms with Crippen LogP contribution in [0.5, 0.6) is 0 Å². The van der Waals surface area contributed by atoms with Crippen molar-refractivity contribution in [1.82, 2.24) is 14.7 Å². The SMILES string of the molecule is C[C@H](Cc1ccc(Cl)cc1)N(C)C(=O)[C@@H]1C[C@@H]1c1cnn(C)c1. The molecule has 1 aliphatic carbocycles. The number of aromatic nitrogens is 2. The molecule has 0 N–H and O–H groups in total. The summed E-state index contributed by atoms with van der Waals surface area (Å²) in [6, 6.07) is 7.99. The lowest BCUT2D eigenvalue weighted by molar-refractivity contribution is -0.133. The lowest BCUT2D eigenvalue weighted by Gasteiger charge is -2.25. The molecule has 1 amide bonds. The zero-order chi connectivity index (χ0) is 16.6. The molecule has 0 radical (unpaired) electrons. The van der Waals surface area contributed by atoms with Gasteiger partial charge in [0.2, 0.25) is 5.91 Å². The van der Waals surface area contributed by atoms with Crippen molar-refractivity contribution in [2.24, 2.45) is 13.0 Å². The zero-order valence-electron chi connectivity index (χ0n) is 13.7. The van der Waals surface area contributed by atoms with Crippen LogP contribution in [0.25, 0.3) is 0 Å². The third-order valence-corrected chi connectivity index (χ3v) is 4.97. The van der Waals surface area contributed by atoms with Crippen molar-refractivity contribution in [2.45, 2.75) is 31.7 Å². The molecule has 0 bridgehead atoms. The topological polar surface area (TPSA) is 38.1 Å². The average Bonchev–Trinajstić information content (AvgIpc) is 3.22. The van der Waals surface area contributed by atoms with Crippen LogP contribution < -0.4 is 0 Å². The summed E-state index contributed by atoms with van der Waals surface area (Å²) in [7, 11) is 3.81. The van der Waals surface area contributed by atoms with E-state index in [2.05, 4.69) is 12.0 Å². The summed E-state index contributed by atoms with van der Waals surface area (Å²) in [4.78, 5) is 14.5. The number of likely N-dealkylation sites (N-methyl/N-ethyl adjacent to an activating group) is 1. The standard InChI is InChI=1S/C18H22ClN3O/c1-12(8-13-4-6-15(19)7-5-13)22(3)18(23)17-9-16(17)14-10-20-21(2)11-14/h4-7,10-12,16-17H,8-9H2,1-3H3/t12-,16-,17-/m1/s1. The summed E-state index contributed by atoms with van der Waals surface area (Å²) in [5.74, 6) is 0.679. The van der Waals surface area contributed by atoms with Gasteiger partial charge >= 0.3 is 0 Å². The number of carbonyl (C=O) groups excluding carboxylic acids is 1. The Kier molecular flexibility index (Phi) is 4.44. The molecule has 122 valence electrons. The highest BCUT2D eigenvalue weighted by Gasteiger charge is 2.46. The summed E-state index contributed by atoms with van der Waals surface area (Å²) < 4.78 is 1.79. The predicted molar refractivity (Wildman–Crippen MR) is 91.4 cm³/mol. The van der Waals surface area contributed by atoms with Crippen molar-refractivity contribution in [1.29, 1.82) is 0 Å². The number of benzene rings is 1. The molecule has 0 spiro atoms. The van der Waals surface area contributed by atoms with Gasteiger partial charge in [-0.1, -0.05) is 23.7 Å². The van der Waals surface area contributed by atoms with Gasteiger partial charge in [-0.3, -0.25) is 9.48 Å². The molecule has 1 fully saturated rings. The number of hydrogen-bond donors (Lipinski definition) is 0. The number of aryl methyl sites for hydroxylation is 1. The van der Waals surface area contributed by atoms with Gasteiger partial charge < -0.3 is 4.90 Å². The van der Waals surface area contributed by atoms with E-state index in [-0.39, 0.29) is 17.9 Å². The Morgan fingerprint density at radius 2 is 2.13 bits per heavy atom. The van der Waals surface area contributed by atoms with Crippen LogP contribution in [0, 0.1) is 5.92 Å². The van der Waals surface area contributed by atoms with E-state index in [1.807, 2.05) is 55.7 Å². The van der Waals surface area contributed by atoms with Gasteiger partial charge in [0.25, 0.3) is 0 Å². The van der Waals surface area contributed by atoms with Crippen molar-refractivity contribution in [3.8, 4) is 0 Å². The van der Waals surface area contributed by atoms with Crippen molar-refractivity contribution in [3.63, 3.8) is 0 Å². The molecule has 0 unspecified atom stereocenters. The van der Waals surface area contributed by atoms with Crippen molar-refractivity contribution < 1.29 is 4.79 Å². The monoisotopic (exact) mass is 331 g/mol. The highest BCUT2D eigenvalue weighted by Crippen LogP contribution is 2.48. The maximum Gasteiger partial charge on any atom is 0.226 e. The van der Waals surface area contributed by atoms with E-state index in [0.717, 1.165) is 17.9 Å². The summed E-state index contributed by atoms with van der Waals surface area (Å²) in [5.41, 5.74) is 2.37. The van der Waals surface area contributed by atoms with Gasteiger partial charge in [-0.05, 0) is 48.9 Å². The van der Waals surface area contributed by atoms with Crippen molar-refractivity contribution in [2.75, 3.05) is 7.05 Å². The Bertz CT molecular complexity index is 695. The summed E-state index contributed by atoms with van der Waals surface area (Å²) in [5, 5.41) is 4.93. The molecule has 0 aliphatic heterocycles. The first kappa shape index (κ1) is 16.1. The lowest BCUT2D eigenvalue weighted by atomic mass is 10.1. The third kappa shape index (κ3) is 3.58. The average molecular weight is 332 g/mol. The minimum Gasteiger partial charge on any atom is -0.342 e. The third-order valence-electron chi connectivity index (χ3n) is 4.71. The zero-order valence-corrected chi connectivity index (χ0v) is 14.5. The molecular formula is C18H22ClN3O. The number of nitrogens with zero attached hydrogens (tertiary/aromatic N) is 3. The quantitative estimate of drug-likeness (QED) is 0.843. The Labute approximate surface area is 142 Å². The van der Waals surface area contributed by atoms with E-state index in [0.29, 0.717) is 5.92 Å². The van der Waals surface area contributed by atoms with Crippen molar-refractivity contribution >= 4 is 17.5 Å². The summed E-state index contributed by atoms with van der Waals surface area (Å²) >= 11 is 5.92. The molecule has 3 rings (SSSR count). The summed E-state index contributed by atoms with van der Waals surface area (Å²) in [6.07, 6.45) is 5.65. The van der Waals surface area contributed by atoms with Gasteiger partial charge in [0.05, 0.1) is 6.20 Å². The van der Waals surface area contributed by atoms with Crippen LogP contribution in [0.1, 0.15) is 30.4 Å². The summed E-state index contributed by atoms with van der Waals surface area (Å²) in [6.45, 7) is 2.09. The van der Waals surface area contributed by atoms with E-state index >= 15 is 0 Å². The number of carbonyl (C=O) groups is 1. The normalized spacial score (nSPS) is 21.0. The number of halogens is 1. The maximum atomic E-state index is 12.7. The first-order valence-electron chi connectivity index (χ1n) is 7.95. The molecule has 3 atom stereocenters. The highest BCUT2D eigenvalue weighted by atomic mass is 35.5. The highest BCUT2D eigenvalue weighted by molar-refractivity contribution is 6.30. The second kappa shape index (κ2) is 6.36. The molecule has 2 aromatic rings. The molecule has 1 aromatic heterocycles. The second-order valence-corrected chi connectivity index (χ2v) is 6.96. The van der Waals surface area contributed by atoms with Crippen molar-refractivity contribution in [3.05, 3.63) is 52.8 Å². The predicted octanol–water partition coefficient (Wildman–Crippen LogP) is 3.27. The lowest BCUT2D eigenvalue weighted by Crippen LogP contribution is -2.37. The Morgan fingerprint density at radius 1 is 1.43 bits per heavy atom. The molecule has 1 saturated carbocycles. The van der Waals surface area contributed by atoms with E-state index in [9.17, 15) is 4.79 Å². The maximum absolute atomic E-state index is 12.7. The molecule has 23 heavy (non-hydrogen) atoms. The number of hydrogen-bond acceptors (Lipinski definition) is 2. The fourth-order valence-corrected chi connectivity index (χ4v) is 3.17. The van der Waals surface area contributed by atoms with Crippen LogP contribution >= 0.6 is 11.6 Å². The van der Waals surface area contributed by atoms with Gasteiger partial charge in [0.15, 0.2) is 0 Å². The molecule has 1 heterocycles. The van der Waals surface area contributed by atoms with Crippen LogP contribution in [0.3, 0.4) is 0 Å². The van der Waals surface area contributed by atoms with E-state index in [4.69, 9.17) is 11.6 Å². The Hall–Kier alpha value is -1.81. The molecule has 5 heteroatoms. The van der Waals surface area contributed by atoms with Gasteiger partial charge in [-0.25, -0.2) is 0 Å². The smallest absolute Gasteiger partial charge is 0.226 e. The van der Waals surface area contributed by atoms with E-state index in [1.54, 1.807) is 4.68 Å². The van der Waals surface area contributed by atoms with Gasteiger partial charge in [-0.15, -0.1) is 0 Å². The molecule has 0 saturated heterocycles. The first-order valence-corrected chi connectivity index (χ1v) is 8.33. The minimum absolute atomic E-state index is 0.108. The number of rotatable bonds is 5. The van der Waals surface area contributed by atoms with Crippen LogP contribution in [0.2, 0.25) is 5.02 Å². The number of amides is 1. The van der Waals surface area contributed by atoms with Gasteiger partial charge in [0.1, 0.15) is 0 Å². The minimum atomic E-state index is 0.108. The molecule has 1 aromatic carbocycles. The fraction of sp³-hybridized carbons (Fsp3) is 0.444. The fourth-order valence-electron chi connectivity index (χ4n) is 3.05. The first-order chi connectivity index (χ1) is 11.0. The largest absolute Gasteiger partial charge is 0.342 e. The molecule has 1 aliphatic rings. The van der Waals surface area contributed by atoms with Crippen LogP contribution in [-0.4, -0.2) is 33.7 Å². The van der Waals surface area contributed by atoms with E-state index < -0.39 is 0 Å². The molecule has 4 nitrogen and oxygen atoms in total. The van der Waals surface area contributed by atoms with Gasteiger partial charge in [0, 0.05) is 37.3 Å². The second-order valence-electron chi connectivity index (χ2n) is 6.52. The van der Waals surface area contributed by atoms with Crippen LogP contribution in [-0.2, 0) is 18.3 Å². The molecular weight excluding hydrogens is 310 g/mol. The van der Waals surface area contributed by atoms with Crippen LogP contribution in [0.15, 0.2) is 36.7 Å². The Balaban J connectivity index is 1.58. The Morgan fingerprint density at radius 3 is 2.74 bits per heavy atom. The van der Waals surface area contributed by atoms with E-state index in [1.165, 1.54) is 11.1 Å². The van der Waals surface area contributed by atoms with Crippen LogP contribution in [0.4, 0.5) is 0 Å².